The summed E-state index contributed by atoms with van der Waals surface area (Å²) in [5.41, 5.74) is 0. The highest BCUT2D eigenvalue weighted by molar-refractivity contribution is 4.92. The van der Waals surface area contributed by atoms with Crippen LogP contribution in [-0.4, -0.2) is 28.3 Å². The monoisotopic (exact) mass is 222 g/mol. The third-order valence-electron chi connectivity index (χ3n) is 3.35. The summed E-state index contributed by atoms with van der Waals surface area (Å²) >= 11 is 0. The van der Waals surface area contributed by atoms with E-state index < -0.39 is 18.1 Å². The molecule has 0 bridgehead atoms. The van der Waals surface area contributed by atoms with E-state index >= 15 is 0 Å². The standard InChI is InChI=1S/C11H20F2O2/c1-6(2)8-4-7(3)5-11(12,13)10(15)9(8)14/h6-10,14-15H,4-5H2,1-3H3/t7-,8-,9-,10+/m0/s1. The summed E-state index contributed by atoms with van der Waals surface area (Å²) in [4.78, 5) is 0. The Morgan fingerprint density at radius 1 is 1.27 bits per heavy atom. The summed E-state index contributed by atoms with van der Waals surface area (Å²) in [6, 6.07) is 0. The Balaban J connectivity index is 2.90. The van der Waals surface area contributed by atoms with Crippen LogP contribution in [0.3, 0.4) is 0 Å². The molecule has 1 fully saturated rings. The van der Waals surface area contributed by atoms with E-state index in [1.165, 1.54) is 0 Å². The van der Waals surface area contributed by atoms with Gasteiger partial charge in [-0.15, -0.1) is 0 Å². The first kappa shape index (κ1) is 12.8. The van der Waals surface area contributed by atoms with Crippen molar-refractivity contribution in [2.24, 2.45) is 17.8 Å². The zero-order chi connectivity index (χ0) is 11.8. The van der Waals surface area contributed by atoms with Crippen LogP contribution in [0.2, 0.25) is 0 Å². The predicted molar refractivity (Wildman–Crippen MR) is 53.7 cm³/mol. The second-order valence-corrected chi connectivity index (χ2v) is 5.15. The highest BCUT2D eigenvalue weighted by Gasteiger charge is 2.49. The molecule has 1 saturated carbocycles. The maximum absolute atomic E-state index is 13.4. The second-order valence-electron chi connectivity index (χ2n) is 5.15. The first-order chi connectivity index (χ1) is 6.75. The maximum atomic E-state index is 13.4. The summed E-state index contributed by atoms with van der Waals surface area (Å²) in [5.74, 6) is -3.48. The van der Waals surface area contributed by atoms with Gasteiger partial charge in [-0.3, -0.25) is 0 Å². The zero-order valence-electron chi connectivity index (χ0n) is 9.45. The van der Waals surface area contributed by atoms with Crippen LogP contribution in [0.15, 0.2) is 0 Å². The first-order valence-corrected chi connectivity index (χ1v) is 5.49. The van der Waals surface area contributed by atoms with Crippen LogP contribution >= 0.6 is 0 Å². The summed E-state index contributed by atoms with van der Waals surface area (Å²) in [5, 5.41) is 19.1. The van der Waals surface area contributed by atoms with Crippen molar-refractivity contribution in [3.05, 3.63) is 0 Å². The van der Waals surface area contributed by atoms with Crippen LogP contribution in [0.5, 0.6) is 0 Å². The number of hydrogen-bond acceptors (Lipinski definition) is 2. The van der Waals surface area contributed by atoms with Crippen molar-refractivity contribution in [1.82, 2.24) is 0 Å². The summed E-state index contributed by atoms with van der Waals surface area (Å²) in [6.45, 7) is 5.52. The molecule has 90 valence electrons. The SMILES string of the molecule is CC(C)[C@@H]1C[C@H](C)CC(F)(F)[C@H](O)[C@H]1O. The lowest BCUT2D eigenvalue weighted by Crippen LogP contribution is -2.45. The van der Waals surface area contributed by atoms with Crippen molar-refractivity contribution in [2.75, 3.05) is 0 Å². The topological polar surface area (TPSA) is 40.5 Å². The normalized spacial score (nSPS) is 41.6. The van der Waals surface area contributed by atoms with Crippen molar-refractivity contribution in [3.63, 3.8) is 0 Å². The Labute approximate surface area is 89.3 Å². The Hall–Kier alpha value is -0.220. The lowest BCUT2D eigenvalue weighted by atomic mass is 9.83. The molecule has 0 aromatic heterocycles. The highest BCUT2D eigenvalue weighted by Crippen LogP contribution is 2.40. The second kappa shape index (κ2) is 4.34. The Morgan fingerprint density at radius 3 is 2.27 bits per heavy atom. The fourth-order valence-corrected chi connectivity index (χ4v) is 2.42. The molecule has 2 nitrogen and oxygen atoms in total. The van der Waals surface area contributed by atoms with Gasteiger partial charge >= 0.3 is 0 Å². The van der Waals surface area contributed by atoms with Gasteiger partial charge in [0.25, 0.3) is 5.92 Å². The van der Waals surface area contributed by atoms with Gasteiger partial charge in [0, 0.05) is 6.42 Å². The van der Waals surface area contributed by atoms with Crippen LogP contribution in [0.1, 0.15) is 33.6 Å². The zero-order valence-corrected chi connectivity index (χ0v) is 9.45. The number of rotatable bonds is 1. The fourth-order valence-electron chi connectivity index (χ4n) is 2.42. The van der Waals surface area contributed by atoms with Crippen molar-refractivity contribution >= 4 is 0 Å². The van der Waals surface area contributed by atoms with Crippen LogP contribution in [0.4, 0.5) is 8.78 Å². The third kappa shape index (κ3) is 2.67. The fraction of sp³-hybridized carbons (Fsp3) is 1.00. The van der Waals surface area contributed by atoms with E-state index in [1.54, 1.807) is 6.92 Å². The van der Waals surface area contributed by atoms with E-state index in [-0.39, 0.29) is 24.2 Å². The molecule has 1 aliphatic rings. The van der Waals surface area contributed by atoms with Gasteiger partial charge in [-0.1, -0.05) is 20.8 Å². The molecule has 0 aromatic rings. The van der Waals surface area contributed by atoms with Gasteiger partial charge in [-0.25, -0.2) is 8.78 Å². The molecule has 0 saturated heterocycles. The lowest BCUT2D eigenvalue weighted by molar-refractivity contribution is -0.161. The maximum Gasteiger partial charge on any atom is 0.276 e. The van der Waals surface area contributed by atoms with Gasteiger partial charge in [0.05, 0.1) is 6.10 Å². The van der Waals surface area contributed by atoms with Crippen LogP contribution in [0.25, 0.3) is 0 Å². The summed E-state index contributed by atoms with van der Waals surface area (Å²) in [7, 11) is 0. The minimum Gasteiger partial charge on any atom is -0.390 e. The van der Waals surface area contributed by atoms with Gasteiger partial charge in [0.2, 0.25) is 0 Å². The molecule has 1 rings (SSSR count). The van der Waals surface area contributed by atoms with E-state index in [0.29, 0.717) is 6.42 Å². The quantitative estimate of drug-likeness (QED) is 0.667. The summed E-state index contributed by atoms with van der Waals surface area (Å²) < 4.78 is 26.8. The summed E-state index contributed by atoms with van der Waals surface area (Å²) in [6.07, 6.45) is -3.03. The minimum atomic E-state index is -3.16. The number of alkyl halides is 2. The van der Waals surface area contributed by atoms with Gasteiger partial charge < -0.3 is 10.2 Å². The number of aliphatic hydroxyl groups excluding tert-OH is 2. The lowest BCUT2D eigenvalue weighted by Gasteiger charge is -2.29. The average Bonchev–Trinajstić information content (AvgIpc) is 2.16. The number of hydrogen-bond donors (Lipinski definition) is 2. The molecule has 0 aliphatic heterocycles. The first-order valence-electron chi connectivity index (χ1n) is 5.49. The smallest absolute Gasteiger partial charge is 0.276 e. The van der Waals surface area contributed by atoms with Crippen molar-refractivity contribution in [1.29, 1.82) is 0 Å². The largest absolute Gasteiger partial charge is 0.390 e. The van der Waals surface area contributed by atoms with Crippen molar-refractivity contribution in [3.8, 4) is 0 Å². The van der Waals surface area contributed by atoms with Crippen LogP contribution < -0.4 is 0 Å². The number of halogens is 2. The van der Waals surface area contributed by atoms with Crippen molar-refractivity contribution in [2.45, 2.75) is 51.7 Å². The van der Waals surface area contributed by atoms with Gasteiger partial charge in [0.1, 0.15) is 6.10 Å². The predicted octanol–water partition coefficient (Wildman–Crippen LogP) is 2.05. The molecular weight excluding hydrogens is 202 g/mol. The van der Waals surface area contributed by atoms with Crippen LogP contribution in [0, 0.1) is 17.8 Å². The Kier molecular flexibility index (Phi) is 3.71. The molecule has 0 radical (unpaired) electrons. The van der Waals surface area contributed by atoms with Gasteiger partial charge in [-0.05, 0) is 24.2 Å². The molecule has 4 heteroatoms. The van der Waals surface area contributed by atoms with E-state index in [0.717, 1.165) is 0 Å². The Morgan fingerprint density at radius 2 is 1.80 bits per heavy atom. The van der Waals surface area contributed by atoms with E-state index in [2.05, 4.69) is 0 Å². The minimum absolute atomic E-state index is 0.103. The molecule has 0 unspecified atom stereocenters. The third-order valence-corrected chi connectivity index (χ3v) is 3.35. The van der Waals surface area contributed by atoms with Gasteiger partial charge in [-0.2, -0.15) is 0 Å². The van der Waals surface area contributed by atoms with Crippen molar-refractivity contribution < 1.29 is 19.0 Å². The average molecular weight is 222 g/mol. The number of aliphatic hydroxyl groups is 2. The van der Waals surface area contributed by atoms with E-state index in [4.69, 9.17) is 0 Å². The molecular formula is C11H20F2O2. The molecule has 0 heterocycles. The molecule has 0 amide bonds. The molecule has 15 heavy (non-hydrogen) atoms. The molecule has 1 aliphatic carbocycles. The molecule has 0 spiro atoms. The molecule has 0 aromatic carbocycles. The Bertz CT molecular complexity index is 219. The molecule has 2 N–H and O–H groups in total. The van der Waals surface area contributed by atoms with E-state index in [9.17, 15) is 19.0 Å². The van der Waals surface area contributed by atoms with Gasteiger partial charge in [0.15, 0.2) is 0 Å². The highest BCUT2D eigenvalue weighted by atomic mass is 19.3. The van der Waals surface area contributed by atoms with Crippen LogP contribution in [-0.2, 0) is 0 Å². The molecule has 4 atom stereocenters. The van der Waals surface area contributed by atoms with E-state index in [1.807, 2.05) is 13.8 Å².